The van der Waals surface area contributed by atoms with E-state index < -0.39 is 0 Å². The van der Waals surface area contributed by atoms with Crippen LogP contribution in [-0.4, -0.2) is 21.3 Å². The van der Waals surface area contributed by atoms with E-state index in [-0.39, 0.29) is 6.61 Å². The van der Waals surface area contributed by atoms with Crippen molar-refractivity contribution in [1.29, 1.82) is 0 Å². The SMILES string of the molecule is CCOCc1nc(CO)c(-c2ccccc2)n1CC(C)C. The molecule has 4 heteroatoms. The Morgan fingerprint density at radius 1 is 1.24 bits per heavy atom. The van der Waals surface area contributed by atoms with Gasteiger partial charge in [0.25, 0.3) is 0 Å². The number of benzene rings is 1. The zero-order valence-electron chi connectivity index (χ0n) is 13.0. The van der Waals surface area contributed by atoms with E-state index in [0.29, 0.717) is 19.1 Å². The van der Waals surface area contributed by atoms with E-state index in [1.807, 2.05) is 25.1 Å². The number of nitrogens with zero attached hydrogens (tertiary/aromatic N) is 2. The fourth-order valence-electron chi connectivity index (χ4n) is 2.45. The van der Waals surface area contributed by atoms with Crippen LogP contribution in [0.2, 0.25) is 0 Å². The fourth-order valence-corrected chi connectivity index (χ4v) is 2.45. The number of ether oxygens (including phenoxy) is 1. The van der Waals surface area contributed by atoms with Crippen LogP contribution in [0, 0.1) is 5.92 Å². The molecule has 0 saturated carbocycles. The number of rotatable bonds is 7. The maximum Gasteiger partial charge on any atom is 0.135 e. The Balaban J connectivity index is 2.51. The average Bonchev–Trinajstić information content (AvgIpc) is 2.83. The Labute approximate surface area is 126 Å². The third-order valence-electron chi connectivity index (χ3n) is 3.30. The number of hydrogen-bond donors (Lipinski definition) is 1. The quantitative estimate of drug-likeness (QED) is 0.851. The van der Waals surface area contributed by atoms with E-state index in [0.717, 1.165) is 29.3 Å². The van der Waals surface area contributed by atoms with E-state index in [1.54, 1.807) is 0 Å². The van der Waals surface area contributed by atoms with E-state index >= 15 is 0 Å². The maximum absolute atomic E-state index is 9.66. The van der Waals surface area contributed by atoms with Crippen LogP contribution in [0.5, 0.6) is 0 Å². The van der Waals surface area contributed by atoms with Crippen LogP contribution in [0.15, 0.2) is 30.3 Å². The summed E-state index contributed by atoms with van der Waals surface area (Å²) in [4.78, 5) is 4.58. The number of aliphatic hydroxyl groups excluding tert-OH is 1. The van der Waals surface area contributed by atoms with Crippen molar-refractivity contribution in [3.63, 3.8) is 0 Å². The molecule has 0 aliphatic heterocycles. The molecular weight excluding hydrogens is 264 g/mol. The van der Waals surface area contributed by atoms with Crippen molar-refractivity contribution in [2.45, 2.75) is 40.5 Å². The van der Waals surface area contributed by atoms with Crippen LogP contribution in [-0.2, 0) is 24.5 Å². The molecule has 1 N–H and O–H groups in total. The molecule has 114 valence electrons. The maximum atomic E-state index is 9.66. The number of aromatic nitrogens is 2. The summed E-state index contributed by atoms with van der Waals surface area (Å²) < 4.78 is 7.71. The van der Waals surface area contributed by atoms with Crippen molar-refractivity contribution >= 4 is 0 Å². The molecule has 0 aliphatic rings. The van der Waals surface area contributed by atoms with E-state index in [1.165, 1.54) is 0 Å². The van der Waals surface area contributed by atoms with Crippen molar-refractivity contribution < 1.29 is 9.84 Å². The first-order valence-electron chi connectivity index (χ1n) is 7.49. The minimum Gasteiger partial charge on any atom is -0.390 e. The summed E-state index contributed by atoms with van der Waals surface area (Å²) in [7, 11) is 0. The molecule has 0 bridgehead atoms. The van der Waals surface area contributed by atoms with Crippen molar-refractivity contribution in [2.24, 2.45) is 5.92 Å². The van der Waals surface area contributed by atoms with Gasteiger partial charge in [0.15, 0.2) is 0 Å². The molecule has 0 atom stereocenters. The molecule has 1 aromatic carbocycles. The first kappa shape index (κ1) is 15.7. The second-order valence-electron chi connectivity index (χ2n) is 5.49. The Bertz CT molecular complexity index is 562. The van der Waals surface area contributed by atoms with Gasteiger partial charge in [0, 0.05) is 18.7 Å². The van der Waals surface area contributed by atoms with E-state index in [2.05, 4.69) is 35.5 Å². The third-order valence-corrected chi connectivity index (χ3v) is 3.30. The van der Waals surface area contributed by atoms with Gasteiger partial charge in [0.2, 0.25) is 0 Å². The van der Waals surface area contributed by atoms with Gasteiger partial charge in [0.05, 0.1) is 18.0 Å². The zero-order chi connectivity index (χ0) is 15.2. The fraction of sp³-hybridized carbons (Fsp3) is 0.471. The molecule has 2 aromatic rings. The number of aliphatic hydroxyl groups is 1. The van der Waals surface area contributed by atoms with Gasteiger partial charge in [0.1, 0.15) is 12.4 Å². The molecule has 0 fully saturated rings. The van der Waals surface area contributed by atoms with Gasteiger partial charge in [-0.2, -0.15) is 0 Å². The molecule has 0 aliphatic carbocycles. The van der Waals surface area contributed by atoms with Crippen molar-refractivity contribution in [1.82, 2.24) is 9.55 Å². The van der Waals surface area contributed by atoms with Crippen LogP contribution in [0.3, 0.4) is 0 Å². The molecule has 0 spiro atoms. The highest BCUT2D eigenvalue weighted by molar-refractivity contribution is 5.63. The summed E-state index contributed by atoms with van der Waals surface area (Å²) in [6.45, 7) is 8.26. The lowest BCUT2D eigenvalue weighted by molar-refractivity contribution is 0.125. The lowest BCUT2D eigenvalue weighted by Crippen LogP contribution is -2.11. The molecule has 4 nitrogen and oxygen atoms in total. The van der Waals surface area contributed by atoms with E-state index in [9.17, 15) is 5.11 Å². The molecule has 0 amide bonds. The van der Waals surface area contributed by atoms with Crippen molar-refractivity contribution in [2.75, 3.05) is 6.61 Å². The van der Waals surface area contributed by atoms with Gasteiger partial charge in [-0.05, 0) is 12.8 Å². The molecule has 2 rings (SSSR count). The third kappa shape index (κ3) is 3.71. The smallest absolute Gasteiger partial charge is 0.135 e. The zero-order valence-corrected chi connectivity index (χ0v) is 13.0. The van der Waals surface area contributed by atoms with Crippen LogP contribution < -0.4 is 0 Å². The monoisotopic (exact) mass is 288 g/mol. The highest BCUT2D eigenvalue weighted by Gasteiger charge is 2.18. The molecule has 1 heterocycles. The highest BCUT2D eigenvalue weighted by Crippen LogP contribution is 2.27. The lowest BCUT2D eigenvalue weighted by Gasteiger charge is -2.15. The van der Waals surface area contributed by atoms with Crippen LogP contribution in [0.4, 0.5) is 0 Å². The minimum atomic E-state index is -0.0611. The van der Waals surface area contributed by atoms with Crippen LogP contribution >= 0.6 is 0 Å². The number of imidazole rings is 1. The molecular formula is C17H24N2O2. The van der Waals surface area contributed by atoms with Crippen molar-refractivity contribution in [3.8, 4) is 11.3 Å². The largest absolute Gasteiger partial charge is 0.390 e. The summed E-state index contributed by atoms with van der Waals surface area (Å²) >= 11 is 0. The first-order valence-corrected chi connectivity index (χ1v) is 7.49. The summed E-state index contributed by atoms with van der Waals surface area (Å²) in [6.07, 6.45) is 0. The summed E-state index contributed by atoms with van der Waals surface area (Å²) in [5, 5.41) is 9.66. The topological polar surface area (TPSA) is 47.3 Å². The molecule has 0 saturated heterocycles. The Hall–Kier alpha value is -1.65. The molecule has 1 aromatic heterocycles. The second kappa shape index (κ2) is 7.38. The Morgan fingerprint density at radius 3 is 2.52 bits per heavy atom. The highest BCUT2D eigenvalue weighted by atomic mass is 16.5. The van der Waals surface area contributed by atoms with Gasteiger partial charge < -0.3 is 14.4 Å². The van der Waals surface area contributed by atoms with Crippen LogP contribution in [0.25, 0.3) is 11.3 Å². The molecule has 21 heavy (non-hydrogen) atoms. The molecule has 0 radical (unpaired) electrons. The van der Waals surface area contributed by atoms with Crippen molar-refractivity contribution in [3.05, 3.63) is 41.9 Å². The van der Waals surface area contributed by atoms with Gasteiger partial charge >= 0.3 is 0 Å². The first-order chi connectivity index (χ1) is 10.2. The molecule has 0 unspecified atom stereocenters. The van der Waals surface area contributed by atoms with Gasteiger partial charge in [-0.3, -0.25) is 0 Å². The Kier molecular flexibility index (Phi) is 5.53. The minimum absolute atomic E-state index is 0.0611. The summed E-state index contributed by atoms with van der Waals surface area (Å²) in [6, 6.07) is 10.1. The lowest BCUT2D eigenvalue weighted by atomic mass is 10.1. The van der Waals surface area contributed by atoms with Crippen LogP contribution in [0.1, 0.15) is 32.3 Å². The predicted octanol–water partition coefficient (Wildman–Crippen LogP) is 3.23. The average molecular weight is 288 g/mol. The summed E-state index contributed by atoms with van der Waals surface area (Å²) in [5.41, 5.74) is 2.80. The predicted molar refractivity (Wildman–Crippen MR) is 83.8 cm³/mol. The van der Waals surface area contributed by atoms with Gasteiger partial charge in [-0.25, -0.2) is 4.98 Å². The Morgan fingerprint density at radius 2 is 1.95 bits per heavy atom. The normalized spacial score (nSPS) is 11.3. The summed E-state index contributed by atoms with van der Waals surface area (Å²) in [5.74, 6) is 1.38. The number of hydrogen-bond acceptors (Lipinski definition) is 3. The van der Waals surface area contributed by atoms with Gasteiger partial charge in [-0.15, -0.1) is 0 Å². The standard InChI is InChI=1S/C17H24N2O2/c1-4-21-12-16-18-15(11-20)17(19(16)10-13(2)3)14-8-6-5-7-9-14/h5-9,13,20H,4,10-12H2,1-3H3. The second-order valence-corrected chi connectivity index (χ2v) is 5.49. The van der Waals surface area contributed by atoms with E-state index in [4.69, 9.17) is 4.74 Å². The van der Waals surface area contributed by atoms with Gasteiger partial charge in [-0.1, -0.05) is 44.2 Å².